The van der Waals surface area contributed by atoms with Crippen LogP contribution >= 0.6 is 0 Å². The molecule has 2 fully saturated rings. The second-order valence-corrected chi connectivity index (χ2v) is 9.10. The van der Waals surface area contributed by atoms with Crippen LogP contribution in [0.4, 0.5) is 0 Å². The highest BCUT2D eigenvalue weighted by Crippen LogP contribution is 2.64. The van der Waals surface area contributed by atoms with E-state index < -0.39 is 0 Å². The van der Waals surface area contributed by atoms with Crippen LogP contribution in [-0.2, 0) is 4.79 Å². The summed E-state index contributed by atoms with van der Waals surface area (Å²) in [6.07, 6.45) is 5.99. The highest BCUT2D eigenvalue weighted by Gasteiger charge is 2.59. The molecule has 5 unspecified atom stereocenters. The van der Waals surface area contributed by atoms with E-state index in [0.717, 1.165) is 31.3 Å². The number of carbonyl (C=O) groups is 1. The predicted octanol–water partition coefficient (Wildman–Crippen LogP) is 4.05. The summed E-state index contributed by atoms with van der Waals surface area (Å²) in [6, 6.07) is 0. The van der Waals surface area contributed by atoms with Gasteiger partial charge in [0, 0.05) is 5.92 Å². The van der Waals surface area contributed by atoms with E-state index in [1.807, 2.05) is 0 Å². The largest absolute Gasteiger partial charge is 0.392 e. The fourth-order valence-corrected chi connectivity index (χ4v) is 6.77. The van der Waals surface area contributed by atoms with Crippen LogP contribution in [0.15, 0.2) is 23.3 Å². The maximum absolute atomic E-state index is 12.7. The molecule has 0 heterocycles. The zero-order valence-corrected chi connectivity index (χ0v) is 14.1. The molecule has 2 heteroatoms. The monoisotopic (exact) mass is 300 g/mol. The average Bonchev–Trinajstić information content (AvgIpc) is 2.62. The Balaban J connectivity index is 1.87. The van der Waals surface area contributed by atoms with Crippen molar-refractivity contribution in [2.24, 2.45) is 28.6 Å². The van der Waals surface area contributed by atoms with E-state index in [0.29, 0.717) is 11.7 Å². The Morgan fingerprint density at radius 2 is 1.91 bits per heavy atom. The third-order valence-electron chi connectivity index (χ3n) is 7.37. The molecule has 0 aromatic heterocycles. The smallest absolute Gasteiger partial charge is 0.165 e. The Hall–Kier alpha value is -0.890. The van der Waals surface area contributed by atoms with E-state index in [9.17, 15) is 9.90 Å². The molecule has 4 aliphatic rings. The minimum atomic E-state index is -0.250. The van der Waals surface area contributed by atoms with Gasteiger partial charge in [-0.15, -0.1) is 0 Å². The van der Waals surface area contributed by atoms with Crippen molar-refractivity contribution in [2.45, 2.75) is 65.4 Å². The molecule has 0 spiro atoms. The molecule has 5 atom stereocenters. The normalized spacial score (nSPS) is 46.5. The van der Waals surface area contributed by atoms with E-state index in [2.05, 4.69) is 27.4 Å². The summed E-state index contributed by atoms with van der Waals surface area (Å²) in [6.45, 7) is 11.0. The summed E-state index contributed by atoms with van der Waals surface area (Å²) in [5, 5.41) is 10.9. The number of ketones is 1. The van der Waals surface area contributed by atoms with Crippen LogP contribution in [0.3, 0.4) is 0 Å². The first kappa shape index (κ1) is 14.7. The van der Waals surface area contributed by atoms with Crippen LogP contribution in [0.25, 0.3) is 0 Å². The van der Waals surface area contributed by atoms with Crippen LogP contribution in [0.2, 0.25) is 0 Å². The minimum absolute atomic E-state index is 0.00463. The number of allylic oxidation sites excluding steroid dienone is 2. The van der Waals surface area contributed by atoms with Crippen LogP contribution < -0.4 is 0 Å². The summed E-state index contributed by atoms with van der Waals surface area (Å²) in [7, 11) is 0. The van der Waals surface area contributed by atoms with Gasteiger partial charge in [-0.25, -0.2) is 0 Å². The molecule has 0 aromatic rings. The van der Waals surface area contributed by atoms with E-state index in [1.54, 1.807) is 0 Å². The molecule has 2 nitrogen and oxygen atoms in total. The van der Waals surface area contributed by atoms with Crippen molar-refractivity contribution in [1.29, 1.82) is 0 Å². The summed E-state index contributed by atoms with van der Waals surface area (Å²) < 4.78 is 0. The molecule has 2 saturated carbocycles. The first-order chi connectivity index (χ1) is 10.3. The molecule has 0 aliphatic heterocycles. The lowest BCUT2D eigenvalue weighted by atomic mass is 9.47. The summed E-state index contributed by atoms with van der Waals surface area (Å²) >= 11 is 0. The van der Waals surface area contributed by atoms with Crippen LogP contribution in [0.5, 0.6) is 0 Å². The molecule has 0 radical (unpaired) electrons. The van der Waals surface area contributed by atoms with Gasteiger partial charge in [-0.3, -0.25) is 4.79 Å². The van der Waals surface area contributed by atoms with Gasteiger partial charge in [0.2, 0.25) is 0 Å². The molecular weight excluding hydrogens is 272 g/mol. The van der Waals surface area contributed by atoms with E-state index in [1.165, 1.54) is 24.0 Å². The quantitative estimate of drug-likeness (QED) is 0.541. The number of aliphatic hydroxyl groups excluding tert-OH is 1. The van der Waals surface area contributed by atoms with Crippen molar-refractivity contribution >= 4 is 5.78 Å². The second-order valence-electron chi connectivity index (χ2n) is 9.10. The van der Waals surface area contributed by atoms with Gasteiger partial charge in [-0.05, 0) is 60.3 Å². The van der Waals surface area contributed by atoms with Gasteiger partial charge in [-0.2, -0.15) is 0 Å². The molecule has 2 bridgehead atoms. The van der Waals surface area contributed by atoms with Gasteiger partial charge >= 0.3 is 0 Å². The van der Waals surface area contributed by atoms with Crippen molar-refractivity contribution in [3.63, 3.8) is 0 Å². The number of hydrogen-bond acceptors (Lipinski definition) is 2. The number of rotatable bonds is 0. The van der Waals surface area contributed by atoms with Gasteiger partial charge in [0.1, 0.15) is 0 Å². The highest BCUT2D eigenvalue weighted by atomic mass is 16.3. The van der Waals surface area contributed by atoms with Crippen LogP contribution in [0.1, 0.15) is 59.3 Å². The molecular formula is C20H28O2. The molecule has 22 heavy (non-hydrogen) atoms. The van der Waals surface area contributed by atoms with Gasteiger partial charge in [0.05, 0.1) is 6.10 Å². The molecule has 1 N–H and O–H groups in total. The molecule has 0 saturated heterocycles. The van der Waals surface area contributed by atoms with Crippen molar-refractivity contribution in [3.05, 3.63) is 23.3 Å². The van der Waals surface area contributed by atoms with Gasteiger partial charge in [0.15, 0.2) is 5.78 Å². The predicted molar refractivity (Wildman–Crippen MR) is 87.2 cm³/mol. The van der Waals surface area contributed by atoms with Crippen molar-refractivity contribution in [2.75, 3.05) is 0 Å². The first-order valence-corrected chi connectivity index (χ1v) is 8.89. The zero-order valence-electron chi connectivity index (χ0n) is 14.1. The Morgan fingerprint density at radius 1 is 1.18 bits per heavy atom. The lowest BCUT2D eigenvalue weighted by Crippen LogP contribution is -2.53. The molecule has 4 rings (SSSR count). The second kappa shape index (κ2) is 4.35. The third-order valence-corrected chi connectivity index (χ3v) is 7.37. The summed E-state index contributed by atoms with van der Waals surface area (Å²) in [5.41, 5.74) is 3.84. The Kier molecular flexibility index (Phi) is 2.90. The molecule has 0 aromatic carbocycles. The fourth-order valence-electron chi connectivity index (χ4n) is 6.77. The summed E-state index contributed by atoms with van der Waals surface area (Å²) in [4.78, 5) is 12.7. The van der Waals surface area contributed by atoms with Crippen molar-refractivity contribution in [1.82, 2.24) is 0 Å². The number of hydrogen-bond donors (Lipinski definition) is 1. The van der Waals surface area contributed by atoms with E-state index in [-0.39, 0.29) is 28.8 Å². The lowest BCUT2D eigenvalue weighted by Gasteiger charge is -2.58. The van der Waals surface area contributed by atoms with Crippen molar-refractivity contribution < 1.29 is 9.90 Å². The maximum atomic E-state index is 12.7. The van der Waals surface area contributed by atoms with Gasteiger partial charge in [-0.1, -0.05) is 44.9 Å². The first-order valence-electron chi connectivity index (χ1n) is 8.89. The van der Waals surface area contributed by atoms with E-state index in [4.69, 9.17) is 0 Å². The summed E-state index contributed by atoms with van der Waals surface area (Å²) in [5.74, 6) is 1.01. The SMILES string of the molecule is C=C1C(=O)C2CC1CC1=C2C2(C)CCCC(C)(C)C2C(O)C1. The van der Waals surface area contributed by atoms with Crippen LogP contribution in [0, 0.1) is 28.6 Å². The minimum Gasteiger partial charge on any atom is -0.392 e. The molecule has 0 amide bonds. The lowest BCUT2D eigenvalue weighted by molar-refractivity contribution is -0.119. The zero-order chi connectivity index (χ0) is 15.9. The topological polar surface area (TPSA) is 37.3 Å². The third kappa shape index (κ3) is 1.68. The highest BCUT2D eigenvalue weighted by molar-refractivity contribution is 6.02. The Labute approximate surface area is 133 Å². The van der Waals surface area contributed by atoms with Gasteiger partial charge < -0.3 is 5.11 Å². The molecule has 120 valence electrons. The fraction of sp³-hybridized carbons (Fsp3) is 0.750. The Bertz CT molecular complexity index is 597. The average molecular weight is 300 g/mol. The number of fused-ring (bicyclic) bond motifs is 5. The van der Waals surface area contributed by atoms with Gasteiger partial charge in [0.25, 0.3) is 0 Å². The van der Waals surface area contributed by atoms with Crippen molar-refractivity contribution in [3.8, 4) is 0 Å². The van der Waals surface area contributed by atoms with Crippen LogP contribution in [-0.4, -0.2) is 17.0 Å². The standard InChI is InChI=1S/C20H28O2/c1-11-12-8-13-10-15(21)18-19(2,3)6-5-7-20(18,4)16(13)14(9-12)17(11)22/h12,14-15,18,21H,1,5-10H2,2-4H3. The maximum Gasteiger partial charge on any atom is 0.165 e. The van der Waals surface area contributed by atoms with E-state index >= 15 is 0 Å². The number of Topliss-reactive ketones (excluding diaryl/α,β-unsaturated/α-hetero) is 1. The molecule has 4 aliphatic carbocycles. The Morgan fingerprint density at radius 3 is 2.64 bits per heavy atom. The number of aliphatic hydroxyl groups is 1. The number of carbonyl (C=O) groups excluding carboxylic acids is 1.